The maximum atomic E-state index is 5.37. The van der Waals surface area contributed by atoms with Crippen LogP contribution in [0.1, 0.15) is 29.4 Å². The highest BCUT2D eigenvalue weighted by atomic mass is 16.5. The number of hydrogen-bond acceptors (Lipinski definition) is 3. The molecule has 2 aromatic rings. The number of H-pyrrole nitrogens is 1. The fourth-order valence-corrected chi connectivity index (χ4v) is 2.55. The van der Waals surface area contributed by atoms with Crippen LogP contribution >= 0.6 is 0 Å². The number of hydrogen-bond donors (Lipinski definition) is 2. The van der Waals surface area contributed by atoms with Crippen LogP contribution in [0.3, 0.4) is 0 Å². The van der Waals surface area contributed by atoms with Gasteiger partial charge >= 0.3 is 0 Å². The van der Waals surface area contributed by atoms with Gasteiger partial charge in [-0.1, -0.05) is 0 Å². The highest BCUT2D eigenvalue weighted by Gasteiger charge is 2.27. The normalized spacial score (nSPS) is 23.9. The third-order valence-corrected chi connectivity index (χ3v) is 3.87. The van der Waals surface area contributed by atoms with Gasteiger partial charge in [-0.3, -0.25) is 0 Å². The van der Waals surface area contributed by atoms with Crippen molar-refractivity contribution >= 4 is 11.0 Å². The molecule has 18 heavy (non-hydrogen) atoms. The van der Waals surface area contributed by atoms with Gasteiger partial charge in [0, 0.05) is 13.7 Å². The molecule has 0 saturated carbocycles. The van der Waals surface area contributed by atoms with Gasteiger partial charge in [0.2, 0.25) is 0 Å². The number of benzene rings is 1. The Labute approximate surface area is 107 Å². The first-order valence-corrected chi connectivity index (χ1v) is 6.40. The van der Waals surface area contributed by atoms with Crippen LogP contribution in [-0.2, 0) is 4.74 Å². The van der Waals surface area contributed by atoms with Gasteiger partial charge in [-0.05, 0) is 43.5 Å². The second-order valence-electron chi connectivity index (χ2n) is 5.13. The van der Waals surface area contributed by atoms with E-state index in [1.165, 1.54) is 11.1 Å². The maximum absolute atomic E-state index is 5.37. The predicted molar refractivity (Wildman–Crippen MR) is 71.7 cm³/mol. The molecule has 4 heteroatoms. The maximum Gasteiger partial charge on any atom is 0.124 e. The van der Waals surface area contributed by atoms with Crippen LogP contribution in [0.25, 0.3) is 11.0 Å². The van der Waals surface area contributed by atoms with Crippen LogP contribution in [0.4, 0.5) is 0 Å². The van der Waals surface area contributed by atoms with Crippen molar-refractivity contribution in [3.63, 3.8) is 0 Å². The number of nitrogens with one attached hydrogen (secondary N) is 2. The van der Waals surface area contributed by atoms with E-state index < -0.39 is 0 Å². The van der Waals surface area contributed by atoms with Crippen molar-refractivity contribution < 1.29 is 4.74 Å². The van der Waals surface area contributed by atoms with Gasteiger partial charge in [0.05, 0.1) is 23.2 Å². The fraction of sp³-hybridized carbons (Fsp3) is 0.500. The van der Waals surface area contributed by atoms with E-state index in [9.17, 15) is 0 Å². The average molecular weight is 245 g/mol. The molecule has 1 aromatic carbocycles. The van der Waals surface area contributed by atoms with Crippen LogP contribution in [0.5, 0.6) is 0 Å². The third kappa shape index (κ3) is 1.91. The van der Waals surface area contributed by atoms with Gasteiger partial charge in [-0.25, -0.2) is 4.98 Å². The summed E-state index contributed by atoms with van der Waals surface area (Å²) in [7, 11) is 1.76. The Morgan fingerprint density at radius 2 is 2.06 bits per heavy atom. The van der Waals surface area contributed by atoms with Crippen LogP contribution in [-0.4, -0.2) is 29.7 Å². The molecule has 0 aliphatic carbocycles. The molecule has 0 radical (unpaired) electrons. The SMILES string of the molecule is COC1CNC(c2nc3cc(C)c(C)cc3[nH]2)C1. The number of nitrogens with zero attached hydrogens (tertiary/aromatic N) is 1. The number of methoxy groups -OCH3 is 1. The van der Waals surface area contributed by atoms with Gasteiger partial charge in [-0.15, -0.1) is 0 Å². The quantitative estimate of drug-likeness (QED) is 0.853. The molecule has 2 heterocycles. The Kier molecular flexibility index (Phi) is 2.84. The minimum atomic E-state index is 0.281. The molecule has 0 spiro atoms. The molecule has 1 aliphatic rings. The highest BCUT2D eigenvalue weighted by molar-refractivity contribution is 5.77. The number of imidazole rings is 1. The minimum Gasteiger partial charge on any atom is -0.380 e. The Hall–Kier alpha value is -1.39. The van der Waals surface area contributed by atoms with Crippen LogP contribution in [0.2, 0.25) is 0 Å². The lowest BCUT2D eigenvalue weighted by atomic mass is 10.1. The second-order valence-corrected chi connectivity index (χ2v) is 5.13. The van der Waals surface area contributed by atoms with Crippen molar-refractivity contribution in [2.75, 3.05) is 13.7 Å². The first-order chi connectivity index (χ1) is 8.67. The van der Waals surface area contributed by atoms with Crippen molar-refractivity contribution in [3.05, 3.63) is 29.1 Å². The molecule has 2 N–H and O–H groups in total. The summed E-state index contributed by atoms with van der Waals surface area (Å²) in [5, 5.41) is 3.45. The van der Waals surface area contributed by atoms with Gasteiger partial charge in [0.15, 0.2) is 0 Å². The van der Waals surface area contributed by atoms with E-state index in [0.717, 1.165) is 29.8 Å². The number of rotatable bonds is 2. The van der Waals surface area contributed by atoms with Crippen molar-refractivity contribution in [2.45, 2.75) is 32.4 Å². The molecular weight excluding hydrogens is 226 g/mol. The number of aromatic nitrogens is 2. The average Bonchev–Trinajstić information content (AvgIpc) is 2.95. The van der Waals surface area contributed by atoms with E-state index >= 15 is 0 Å². The zero-order valence-corrected chi connectivity index (χ0v) is 11.1. The minimum absolute atomic E-state index is 0.281. The first-order valence-electron chi connectivity index (χ1n) is 6.40. The van der Waals surface area contributed by atoms with Crippen LogP contribution in [0.15, 0.2) is 12.1 Å². The zero-order valence-electron chi connectivity index (χ0n) is 11.1. The van der Waals surface area contributed by atoms with E-state index in [2.05, 4.69) is 36.3 Å². The summed E-state index contributed by atoms with van der Waals surface area (Å²) in [5.41, 5.74) is 4.76. The van der Waals surface area contributed by atoms with Crippen LogP contribution < -0.4 is 5.32 Å². The van der Waals surface area contributed by atoms with Gasteiger partial charge < -0.3 is 15.0 Å². The molecule has 2 unspecified atom stereocenters. The summed E-state index contributed by atoms with van der Waals surface area (Å²) in [5.74, 6) is 1.02. The number of fused-ring (bicyclic) bond motifs is 1. The summed E-state index contributed by atoms with van der Waals surface area (Å²) in [6.45, 7) is 5.15. The van der Waals surface area contributed by atoms with Gasteiger partial charge in [0.25, 0.3) is 0 Å². The van der Waals surface area contributed by atoms with Crippen LogP contribution in [0, 0.1) is 13.8 Å². The Bertz CT molecular complexity index is 537. The van der Waals surface area contributed by atoms with E-state index in [1.54, 1.807) is 7.11 Å². The topological polar surface area (TPSA) is 49.9 Å². The molecule has 4 nitrogen and oxygen atoms in total. The molecule has 1 fully saturated rings. The Balaban J connectivity index is 1.94. The standard InChI is InChI=1S/C14H19N3O/c1-8-4-11-12(5-9(8)2)17-14(16-11)13-6-10(18-3)7-15-13/h4-5,10,13,15H,6-7H2,1-3H3,(H,16,17). The van der Waals surface area contributed by atoms with Gasteiger partial charge in [-0.2, -0.15) is 0 Å². The van der Waals surface area contributed by atoms with E-state index in [0.29, 0.717) is 6.10 Å². The van der Waals surface area contributed by atoms with Crippen molar-refractivity contribution in [1.82, 2.24) is 15.3 Å². The summed E-state index contributed by atoms with van der Waals surface area (Å²) in [4.78, 5) is 8.11. The van der Waals surface area contributed by atoms with E-state index in [4.69, 9.17) is 9.72 Å². The molecule has 3 rings (SSSR count). The fourth-order valence-electron chi connectivity index (χ4n) is 2.55. The lowest BCUT2D eigenvalue weighted by molar-refractivity contribution is 0.117. The Morgan fingerprint density at radius 1 is 1.28 bits per heavy atom. The number of aromatic amines is 1. The van der Waals surface area contributed by atoms with Gasteiger partial charge in [0.1, 0.15) is 5.82 Å². The molecule has 1 aliphatic heterocycles. The molecule has 0 amide bonds. The molecule has 2 atom stereocenters. The van der Waals surface area contributed by atoms with Crippen molar-refractivity contribution in [2.24, 2.45) is 0 Å². The zero-order chi connectivity index (χ0) is 12.7. The molecule has 1 aromatic heterocycles. The summed E-state index contributed by atoms with van der Waals surface area (Å²) in [6.07, 6.45) is 1.28. The lowest BCUT2D eigenvalue weighted by Crippen LogP contribution is -2.16. The lowest BCUT2D eigenvalue weighted by Gasteiger charge is -2.06. The van der Waals surface area contributed by atoms with Crippen molar-refractivity contribution in [3.8, 4) is 0 Å². The molecule has 1 saturated heterocycles. The monoisotopic (exact) mass is 245 g/mol. The molecule has 0 bridgehead atoms. The Morgan fingerprint density at radius 3 is 2.78 bits per heavy atom. The van der Waals surface area contributed by atoms with E-state index in [-0.39, 0.29) is 6.04 Å². The smallest absolute Gasteiger partial charge is 0.124 e. The summed E-state index contributed by atoms with van der Waals surface area (Å²) >= 11 is 0. The van der Waals surface area contributed by atoms with E-state index in [1.807, 2.05) is 0 Å². The summed E-state index contributed by atoms with van der Waals surface area (Å²) in [6, 6.07) is 4.60. The summed E-state index contributed by atoms with van der Waals surface area (Å²) < 4.78 is 5.37. The highest BCUT2D eigenvalue weighted by Crippen LogP contribution is 2.25. The first kappa shape index (κ1) is 11.7. The number of aryl methyl sites for hydroxylation is 2. The predicted octanol–water partition coefficient (Wildman–Crippen LogP) is 2.23. The van der Waals surface area contributed by atoms with Crippen molar-refractivity contribution in [1.29, 1.82) is 0 Å². The molecular formula is C14H19N3O. The third-order valence-electron chi connectivity index (χ3n) is 3.87. The molecule has 96 valence electrons. The number of ether oxygens (including phenoxy) is 1. The second kappa shape index (κ2) is 4.37. The largest absolute Gasteiger partial charge is 0.380 e.